The van der Waals surface area contributed by atoms with Gasteiger partial charge in [-0.2, -0.15) is 4.98 Å². The van der Waals surface area contributed by atoms with E-state index < -0.39 is 0 Å². The van der Waals surface area contributed by atoms with E-state index in [9.17, 15) is 0 Å². The Morgan fingerprint density at radius 3 is 3.20 bits per heavy atom. The second-order valence-electron chi connectivity index (χ2n) is 3.69. The lowest BCUT2D eigenvalue weighted by atomic mass is 10.2. The van der Waals surface area contributed by atoms with Gasteiger partial charge in [-0.05, 0) is 31.5 Å². The third-order valence-electron chi connectivity index (χ3n) is 2.64. The minimum absolute atomic E-state index is 0.237. The summed E-state index contributed by atoms with van der Waals surface area (Å²) in [4.78, 5) is 7.42. The monoisotopic (exact) mass is 204 g/mol. The molecule has 0 spiro atoms. The second kappa shape index (κ2) is 3.51. The van der Waals surface area contributed by atoms with Gasteiger partial charge in [0.1, 0.15) is 0 Å². The number of hydrogen-bond donors (Lipinski definition) is 2. The van der Waals surface area contributed by atoms with E-state index in [0.29, 0.717) is 11.7 Å². The van der Waals surface area contributed by atoms with Crippen LogP contribution in [-0.2, 0) is 0 Å². The Balaban J connectivity index is 1.87. The average Bonchev–Trinajstić information content (AvgIpc) is 3.02. The highest BCUT2D eigenvalue weighted by Crippen LogP contribution is 2.23. The number of aromatic nitrogens is 3. The summed E-state index contributed by atoms with van der Waals surface area (Å²) in [7, 11) is 0. The fourth-order valence-electron chi connectivity index (χ4n) is 1.85. The summed E-state index contributed by atoms with van der Waals surface area (Å²) < 4.78 is 5.23. The van der Waals surface area contributed by atoms with Crippen molar-refractivity contribution in [2.24, 2.45) is 0 Å². The predicted molar refractivity (Wildman–Crippen MR) is 54.1 cm³/mol. The van der Waals surface area contributed by atoms with Crippen LogP contribution in [0, 0.1) is 0 Å². The van der Waals surface area contributed by atoms with E-state index in [0.717, 1.165) is 18.7 Å². The Morgan fingerprint density at radius 1 is 1.47 bits per heavy atom. The van der Waals surface area contributed by atoms with E-state index >= 15 is 0 Å². The molecule has 1 fully saturated rings. The molecule has 1 atom stereocenters. The van der Waals surface area contributed by atoms with E-state index in [1.807, 2.05) is 18.3 Å². The van der Waals surface area contributed by atoms with E-state index in [1.54, 1.807) is 0 Å². The number of H-pyrrole nitrogens is 1. The van der Waals surface area contributed by atoms with Gasteiger partial charge >= 0.3 is 0 Å². The molecule has 0 radical (unpaired) electrons. The van der Waals surface area contributed by atoms with Crippen molar-refractivity contribution in [3.05, 3.63) is 24.2 Å². The quantitative estimate of drug-likeness (QED) is 0.777. The third kappa shape index (κ3) is 1.55. The molecule has 5 heteroatoms. The van der Waals surface area contributed by atoms with Gasteiger partial charge in [-0.15, -0.1) is 0 Å². The van der Waals surface area contributed by atoms with E-state index in [1.165, 1.54) is 6.42 Å². The normalized spacial score (nSPS) is 20.9. The Kier molecular flexibility index (Phi) is 2.03. The van der Waals surface area contributed by atoms with Gasteiger partial charge in [-0.3, -0.25) is 0 Å². The van der Waals surface area contributed by atoms with Crippen molar-refractivity contribution in [3.8, 4) is 11.5 Å². The van der Waals surface area contributed by atoms with Gasteiger partial charge in [0.05, 0.1) is 11.7 Å². The minimum atomic E-state index is 0.237. The van der Waals surface area contributed by atoms with Crippen LogP contribution in [0.25, 0.3) is 11.5 Å². The largest absolute Gasteiger partial charge is 0.359 e. The lowest BCUT2D eigenvalue weighted by Gasteiger charge is -2.01. The van der Waals surface area contributed by atoms with Gasteiger partial charge < -0.3 is 14.8 Å². The van der Waals surface area contributed by atoms with Crippen molar-refractivity contribution in [2.75, 3.05) is 6.54 Å². The van der Waals surface area contributed by atoms with Crippen LogP contribution in [0.3, 0.4) is 0 Å². The lowest BCUT2D eigenvalue weighted by Crippen LogP contribution is -2.12. The molecule has 0 unspecified atom stereocenters. The standard InChI is InChI=1S/C10H12N4O/c1-3-7(11-5-1)9-13-10(15-14-9)8-4-2-6-12-8/h1,3,5,8,11-12H,2,4,6H2/t8-/m1/s1. The molecule has 0 bridgehead atoms. The topological polar surface area (TPSA) is 66.7 Å². The summed E-state index contributed by atoms with van der Waals surface area (Å²) in [6, 6.07) is 4.08. The SMILES string of the molecule is c1c[nH]c(-c2noc([C@H]3CCCN3)n2)c1. The maximum atomic E-state index is 5.23. The highest BCUT2D eigenvalue weighted by Gasteiger charge is 2.22. The molecular formula is C10H12N4O. The van der Waals surface area contributed by atoms with Crippen LogP contribution < -0.4 is 5.32 Å². The van der Waals surface area contributed by atoms with Gasteiger partial charge in [0.25, 0.3) is 0 Å². The molecule has 3 heterocycles. The average molecular weight is 204 g/mol. The first-order chi connectivity index (χ1) is 7.43. The molecule has 2 aromatic rings. The molecular weight excluding hydrogens is 192 g/mol. The van der Waals surface area contributed by atoms with Crippen LogP contribution in [0.1, 0.15) is 24.8 Å². The van der Waals surface area contributed by atoms with Crippen molar-refractivity contribution in [3.63, 3.8) is 0 Å². The van der Waals surface area contributed by atoms with Crippen LogP contribution >= 0.6 is 0 Å². The summed E-state index contributed by atoms with van der Waals surface area (Å²) in [5.41, 5.74) is 0.892. The van der Waals surface area contributed by atoms with Gasteiger partial charge in [0.15, 0.2) is 0 Å². The van der Waals surface area contributed by atoms with Crippen LogP contribution in [0.15, 0.2) is 22.9 Å². The number of nitrogens with zero attached hydrogens (tertiary/aromatic N) is 2. The molecule has 0 amide bonds. The number of aromatic amines is 1. The first kappa shape index (κ1) is 8.67. The van der Waals surface area contributed by atoms with Crippen LogP contribution in [0.5, 0.6) is 0 Å². The number of rotatable bonds is 2. The molecule has 1 aliphatic heterocycles. The fourth-order valence-corrected chi connectivity index (χ4v) is 1.85. The third-order valence-corrected chi connectivity index (χ3v) is 2.64. The molecule has 2 aromatic heterocycles. The zero-order chi connectivity index (χ0) is 10.1. The summed E-state index contributed by atoms with van der Waals surface area (Å²) in [5, 5.41) is 7.27. The van der Waals surface area contributed by atoms with Crippen molar-refractivity contribution in [1.29, 1.82) is 0 Å². The molecule has 2 N–H and O–H groups in total. The predicted octanol–water partition coefficient (Wildman–Crippen LogP) is 1.49. The van der Waals surface area contributed by atoms with Gasteiger partial charge in [-0.1, -0.05) is 5.16 Å². The molecule has 78 valence electrons. The first-order valence-electron chi connectivity index (χ1n) is 5.14. The second-order valence-corrected chi connectivity index (χ2v) is 3.69. The molecule has 15 heavy (non-hydrogen) atoms. The van der Waals surface area contributed by atoms with Crippen molar-refractivity contribution < 1.29 is 4.52 Å². The summed E-state index contributed by atoms with van der Waals surface area (Å²) in [5.74, 6) is 1.32. The Labute approximate surface area is 86.9 Å². The van der Waals surface area contributed by atoms with Gasteiger partial charge in [0, 0.05) is 6.20 Å². The van der Waals surface area contributed by atoms with Gasteiger partial charge in [0.2, 0.25) is 11.7 Å². The maximum absolute atomic E-state index is 5.23. The molecule has 0 aromatic carbocycles. The maximum Gasteiger partial charge on any atom is 0.244 e. The summed E-state index contributed by atoms with van der Waals surface area (Å²) in [6.07, 6.45) is 4.09. The molecule has 0 saturated carbocycles. The Bertz CT molecular complexity index is 428. The van der Waals surface area contributed by atoms with Crippen LogP contribution in [0.2, 0.25) is 0 Å². The summed E-state index contributed by atoms with van der Waals surface area (Å²) >= 11 is 0. The fraction of sp³-hybridized carbons (Fsp3) is 0.400. The highest BCUT2D eigenvalue weighted by atomic mass is 16.5. The molecule has 1 aliphatic rings. The van der Waals surface area contributed by atoms with Crippen LogP contribution in [-0.4, -0.2) is 21.7 Å². The van der Waals surface area contributed by atoms with Gasteiger partial charge in [-0.25, -0.2) is 0 Å². The zero-order valence-corrected chi connectivity index (χ0v) is 8.23. The van der Waals surface area contributed by atoms with E-state index in [4.69, 9.17) is 4.52 Å². The Morgan fingerprint density at radius 2 is 2.47 bits per heavy atom. The molecule has 3 rings (SSSR count). The number of hydrogen-bond acceptors (Lipinski definition) is 4. The Hall–Kier alpha value is -1.62. The smallest absolute Gasteiger partial charge is 0.244 e. The van der Waals surface area contributed by atoms with Crippen molar-refractivity contribution >= 4 is 0 Å². The lowest BCUT2D eigenvalue weighted by molar-refractivity contribution is 0.345. The van der Waals surface area contributed by atoms with Crippen LogP contribution in [0.4, 0.5) is 0 Å². The summed E-state index contributed by atoms with van der Waals surface area (Å²) in [6.45, 7) is 1.03. The number of nitrogens with one attached hydrogen (secondary N) is 2. The zero-order valence-electron chi connectivity index (χ0n) is 8.23. The first-order valence-corrected chi connectivity index (χ1v) is 5.14. The molecule has 1 saturated heterocycles. The van der Waals surface area contributed by atoms with E-state index in [-0.39, 0.29) is 6.04 Å². The minimum Gasteiger partial charge on any atom is -0.359 e. The van der Waals surface area contributed by atoms with E-state index in [2.05, 4.69) is 20.4 Å². The molecule has 5 nitrogen and oxygen atoms in total. The van der Waals surface area contributed by atoms with Crippen molar-refractivity contribution in [1.82, 2.24) is 20.4 Å². The molecule has 0 aliphatic carbocycles. The highest BCUT2D eigenvalue weighted by molar-refractivity contribution is 5.47. The van der Waals surface area contributed by atoms with Crippen molar-refractivity contribution in [2.45, 2.75) is 18.9 Å².